The number of fused-ring (bicyclic) bond motifs is 1. The number of urea groups is 1. The molecule has 5 rings (SSSR count). The zero-order valence-corrected chi connectivity index (χ0v) is 18.4. The van der Waals surface area contributed by atoms with Crippen molar-refractivity contribution < 1.29 is 14.3 Å². The van der Waals surface area contributed by atoms with Crippen molar-refractivity contribution in [3.05, 3.63) is 87.9 Å². The van der Waals surface area contributed by atoms with Crippen LogP contribution in [0, 0.1) is 0 Å². The lowest BCUT2D eigenvalue weighted by Crippen LogP contribution is -2.40. The molecule has 32 heavy (non-hydrogen) atoms. The van der Waals surface area contributed by atoms with Crippen molar-refractivity contribution in [2.24, 2.45) is 0 Å². The molecule has 0 fully saturated rings. The highest BCUT2D eigenvalue weighted by molar-refractivity contribution is 6.31. The van der Waals surface area contributed by atoms with Crippen LogP contribution in [0.25, 0.3) is 11.3 Å². The summed E-state index contributed by atoms with van der Waals surface area (Å²) in [6.07, 6.45) is 0. The molecular formula is C24H19Cl2N3O3. The maximum absolute atomic E-state index is 13.1. The molecule has 2 aliphatic rings. The molecule has 0 radical (unpaired) electrons. The Hall–Kier alpha value is -3.35. The molecule has 162 valence electrons. The number of hydrogen-bond acceptors (Lipinski definition) is 4. The molecule has 0 atom stereocenters. The molecule has 0 bridgehead atoms. The first-order valence-corrected chi connectivity index (χ1v) is 10.8. The summed E-state index contributed by atoms with van der Waals surface area (Å²) >= 11 is 12.1. The summed E-state index contributed by atoms with van der Waals surface area (Å²) in [5.41, 5.74) is 7.57. The Balaban J connectivity index is 1.40. The molecule has 0 aromatic heterocycles. The number of anilines is 1. The van der Waals surface area contributed by atoms with Crippen molar-refractivity contribution >= 4 is 46.2 Å². The molecule has 0 unspecified atom stereocenters. The molecule has 0 spiro atoms. The quantitative estimate of drug-likeness (QED) is 0.519. The van der Waals surface area contributed by atoms with E-state index < -0.39 is 0 Å². The molecular weight excluding hydrogens is 449 g/mol. The van der Waals surface area contributed by atoms with Gasteiger partial charge in [-0.15, -0.1) is 0 Å². The van der Waals surface area contributed by atoms with Gasteiger partial charge in [-0.1, -0.05) is 47.5 Å². The van der Waals surface area contributed by atoms with E-state index in [9.17, 15) is 4.79 Å². The van der Waals surface area contributed by atoms with Crippen LogP contribution in [0.4, 0.5) is 10.5 Å². The Kier molecular flexibility index (Phi) is 5.55. The summed E-state index contributed by atoms with van der Waals surface area (Å²) in [6.45, 7) is 1.37. The summed E-state index contributed by atoms with van der Waals surface area (Å²) in [7, 11) is 0. The highest BCUT2D eigenvalue weighted by Gasteiger charge is 2.28. The summed E-state index contributed by atoms with van der Waals surface area (Å²) in [4.78, 5) is 13.1. The lowest BCUT2D eigenvalue weighted by molar-refractivity contribution is 0.171. The number of carbonyl (C=O) groups excluding carboxylic acids is 1. The number of amides is 2. The van der Waals surface area contributed by atoms with E-state index in [4.69, 9.17) is 32.7 Å². The van der Waals surface area contributed by atoms with Crippen molar-refractivity contribution in [3.8, 4) is 11.5 Å². The molecule has 0 aliphatic carbocycles. The highest BCUT2D eigenvalue weighted by Crippen LogP contribution is 2.34. The van der Waals surface area contributed by atoms with Gasteiger partial charge in [-0.2, -0.15) is 0 Å². The maximum atomic E-state index is 13.1. The van der Waals surface area contributed by atoms with Crippen molar-refractivity contribution in [2.75, 3.05) is 25.1 Å². The monoisotopic (exact) mass is 467 g/mol. The van der Waals surface area contributed by atoms with E-state index >= 15 is 0 Å². The lowest BCUT2D eigenvalue weighted by Gasteiger charge is -2.21. The van der Waals surface area contributed by atoms with Gasteiger partial charge in [-0.25, -0.2) is 9.80 Å². The van der Waals surface area contributed by atoms with E-state index in [-0.39, 0.29) is 6.03 Å². The smallest absolute Gasteiger partial charge is 0.340 e. The van der Waals surface area contributed by atoms with Crippen LogP contribution in [0.2, 0.25) is 10.0 Å². The first-order valence-electron chi connectivity index (χ1n) is 10.1. The number of carbonyl (C=O) groups is 1. The van der Waals surface area contributed by atoms with Gasteiger partial charge in [-0.05, 0) is 47.5 Å². The Morgan fingerprint density at radius 1 is 0.844 bits per heavy atom. The van der Waals surface area contributed by atoms with Crippen LogP contribution >= 0.6 is 23.2 Å². The standard InChI is InChI=1S/C24H19Cl2N3O3/c25-17-5-1-15(2-6-17)20-14-29(28-23(20)16-3-7-18(26)8-4-16)24(30)27-19-9-10-21-22(13-19)32-12-11-31-21/h1-10,13,28H,11-12,14H2,(H,27,30). The van der Waals surface area contributed by atoms with Gasteiger partial charge in [-0.3, -0.25) is 5.43 Å². The normalized spacial score (nSPS) is 14.9. The van der Waals surface area contributed by atoms with Crippen LogP contribution in [0.15, 0.2) is 66.7 Å². The topological polar surface area (TPSA) is 62.8 Å². The van der Waals surface area contributed by atoms with E-state index in [0.717, 1.165) is 22.4 Å². The Morgan fingerprint density at radius 3 is 2.16 bits per heavy atom. The number of rotatable bonds is 3. The number of hydrogen-bond donors (Lipinski definition) is 2. The van der Waals surface area contributed by atoms with Gasteiger partial charge in [0.15, 0.2) is 11.5 Å². The van der Waals surface area contributed by atoms with E-state index in [1.165, 1.54) is 5.01 Å². The minimum atomic E-state index is -0.294. The third-order valence-electron chi connectivity index (χ3n) is 5.23. The average Bonchev–Trinajstić information content (AvgIpc) is 3.26. The molecule has 2 N–H and O–H groups in total. The second kappa shape index (κ2) is 8.65. The molecule has 0 saturated carbocycles. The molecule has 2 aliphatic heterocycles. The molecule has 2 amide bonds. The second-order valence-electron chi connectivity index (χ2n) is 7.35. The molecule has 3 aromatic rings. The SMILES string of the molecule is O=C(Nc1ccc2c(c1)OCCO2)N1CC(c2ccc(Cl)cc2)=C(c2ccc(Cl)cc2)N1. The predicted molar refractivity (Wildman–Crippen MR) is 126 cm³/mol. The number of nitrogens with one attached hydrogen (secondary N) is 2. The number of ether oxygens (including phenoxy) is 2. The van der Waals surface area contributed by atoms with Gasteiger partial charge >= 0.3 is 6.03 Å². The second-order valence-corrected chi connectivity index (χ2v) is 8.23. The van der Waals surface area contributed by atoms with Gasteiger partial charge in [0.05, 0.1) is 12.2 Å². The van der Waals surface area contributed by atoms with Crippen LogP contribution in [0.1, 0.15) is 11.1 Å². The van der Waals surface area contributed by atoms with Crippen molar-refractivity contribution in [2.45, 2.75) is 0 Å². The Labute approximate surface area is 195 Å². The predicted octanol–water partition coefficient (Wildman–Crippen LogP) is 5.69. The van der Waals surface area contributed by atoms with Gasteiger partial charge in [0, 0.05) is 27.4 Å². The number of hydrazine groups is 1. The van der Waals surface area contributed by atoms with Gasteiger partial charge in [0.1, 0.15) is 13.2 Å². The Morgan fingerprint density at radius 2 is 1.47 bits per heavy atom. The third kappa shape index (κ3) is 4.20. The largest absolute Gasteiger partial charge is 0.486 e. The van der Waals surface area contributed by atoms with E-state index in [1.807, 2.05) is 48.5 Å². The fourth-order valence-corrected chi connectivity index (χ4v) is 3.91. The van der Waals surface area contributed by atoms with Crippen molar-refractivity contribution in [1.82, 2.24) is 10.4 Å². The Bertz CT molecular complexity index is 1140. The van der Waals surface area contributed by atoms with Crippen LogP contribution in [0.5, 0.6) is 11.5 Å². The number of halogens is 2. The summed E-state index contributed by atoms with van der Waals surface area (Å²) in [6, 6.07) is 20.1. The van der Waals surface area contributed by atoms with E-state index in [2.05, 4.69) is 10.7 Å². The maximum Gasteiger partial charge on any atom is 0.340 e. The summed E-state index contributed by atoms with van der Waals surface area (Å²) in [5.74, 6) is 1.29. The minimum absolute atomic E-state index is 0.294. The zero-order chi connectivity index (χ0) is 22.1. The summed E-state index contributed by atoms with van der Waals surface area (Å²) < 4.78 is 11.1. The average molecular weight is 468 g/mol. The molecule has 2 heterocycles. The third-order valence-corrected chi connectivity index (χ3v) is 5.73. The molecule has 8 heteroatoms. The zero-order valence-electron chi connectivity index (χ0n) is 16.9. The van der Waals surface area contributed by atoms with E-state index in [1.54, 1.807) is 18.2 Å². The van der Waals surface area contributed by atoms with Gasteiger partial charge in [0.2, 0.25) is 0 Å². The molecule has 6 nitrogen and oxygen atoms in total. The fraction of sp³-hybridized carbons (Fsp3) is 0.125. The van der Waals surface area contributed by atoms with Crippen LogP contribution in [-0.4, -0.2) is 30.8 Å². The van der Waals surface area contributed by atoms with Gasteiger partial charge in [0.25, 0.3) is 0 Å². The first-order chi connectivity index (χ1) is 15.6. The first kappa shape index (κ1) is 20.5. The molecule has 3 aromatic carbocycles. The van der Waals surface area contributed by atoms with Crippen LogP contribution in [-0.2, 0) is 0 Å². The fourth-order valence-electron chi connectivity index (χ4n) is 3.66. The number of nitrogens with zero attached hydrogens (tertiary/aromatic N) is 1. The van der Waals surface area contributed by atoms with Crippen molar-refractivity contribution in [1.29, 1.82) is 0 Å². The highest BCUT2D eigenvalue weighted by atomic mass is 35.5. The van der Waals surface area contributed by atoms with Crippen molar-refractivity contribution in [3.63, 3.8) is 0 Å². The molecule has 0 saturated heterocycles. The lowest BCUT2D eigenvalue weighted by atomic mass is 10.0. The number of benzene rings is 3. The van der Waals surface area contributed by atoms with Gasteiger partial charge < -0.3 is 14.8 Å². The van der Waals surface area contributed by atoms with Crippen LogP contribution < -0.4 is 20.2 Å². The van der Waals surface area contributed by atoms with E-state index in [0.29, 0.717) is 47.0 Å². The van der Waals surface area contributed by atoms with Crippen LogP contribution in [0.3, 0.4) is 0 Å². The minimum Gasteiger partial charge on any atom is -0.486 e. The summed E-state index contributed by atoms with van der Waals surface area (Å²) in [5, 5.41) is 5.75.